The van der Waals surface area contributed by atoms with Crippen LogP contribution in [-0.2, 0) is 14.8 Å². The molecule has 1 saturated heterocycles. The molecule has 37 heavy (non-hydrogen) atoms. The first kappa shape index (κ1) is 25.7. The largest absolute Gasteiger partial charge is 0.474 e. The van der Waals surface area contributed by atoms with E-state index in [4.69, 9.17) is 26.1 Å². The summed E-state index contributed by atoms with van der Waals surface area (Å²) in [5, 5.41) is 4.61. The van der Waals surface area contributed by atoms with Crippen molar-refractivity contribution in [1.82, 2.24) is 19.9 Å². The van der Waals surface area contributed by atoms with Gasteiger partial charge in [0.05, 0.1) is 59.2 Å². The summed E-state index contributed by atoms with van der Waals surface area (Å²) in [4.78, 5) is 20.2. The molecule has 11 nitrogen and oxygen atoms in total. The van der Waals surface area contributed by atoms with E-state index >= 15 is 0 Å². The SMILES string of the molecule is Cc1nc(N[C@H]2CC[C@@H](Oc3nc(N4CCOCC4)cc4ncc(NS(C)(=O)=O)cc34)CC2)ncc1Cl. The maximum atomic E-state index is 11.8. The lowest BCUT2D eigenvalue weighted by Crippen LogP contribution is -2.37. The summed E-state index contributed by atoms with van der Waals surface area (Å²) in [5.74, 6) is 1.80. The highest BCUT2D eigenvalue weighted by molar-refractivity contribution is 7.92. The fourth-order valence-electron chi connectivity index (χ4n) is 4.58. The van der Waals surface area contributed by atoms with Gasteiger partial charge in [0, 0.05) is 25.2 Å². The van der Waals surface area contributed by atoms with E-state index in [2.05, 4.69) is 29.9 Å². The third-order valence-corrected chi connectivity index (χ3v) is 7.45. The summed E-state index contributed by atoms with van der Waals surface area (Å²) in [6.45, 7) is 4.58. The smallest absolute Gasteiger partial charge is 0.229 e. The molecular weight excluding hydrogens is 518 g/mol. The molecule has 0 radical (unpaired) electrons. The number of nitrogens with zero attached hydrogens (tertiary/aromatic N) is 5. The van der Waals surface area contributed by atoms with Gasteiger partial charge in [-0.3, -0.25) is 9.71 Å². The molecule has 2 N–H and O–H groups in total. The topological polar surface area (TPSA) is 131 Å². The summed E-state index contributed by atoms with van der Waals surface area (Å²) in [6.07, 6.45) is 7.61. The highest BCUT2D eigenvalue weighted by Crippen LogP contribution is 2.33. The maximum Gasteiger partial charge on any atom is 0.229 e. The van der Waals surface area contributed by atoms with Crippen LogP contribution >= 0.6 is 11.6 Å². The number of hydrogen-bond acceptors (Lipinski definition) is 10. The summed E-state index contributed by atoms with van der Waals surface area (Å²) >= 11 is 6.04. The summed E-state index contributed by atoms with van der Waals surface area (Å²) in [6, 6.07) is 3.87. The fourth-order valence-corrected chi connectivity index (χ4v) is 5.21. The van der Waals surface area contributed by atoms with Crippen LogP contribution in [0.25, 0.3) is 10.9 Å². The highest BCUT2D eigenvalue weighted by atomic mass is 35.5. The monoisotopic (exact) mass is 547 g/mol. The highest BCUT2D eigenvalue weighted by Gasteiger charge is 2.25. The molecule has 13 heteroatoms. The van der Waals surface area contributed by atoms with E-state index in [1.807, 2.05) is 13.0 Å². The van der Waals surface area contributed by atoms with E-state index in [-0.39, 0.29) is 12.1 Å². The van der Waals surface area contributed by atoms with Gasteiger partial charge in [0.25, 0.3) is 0 Å². The van der Waals surface area contributed by atoms with Crippen LogP contribution in [0.1, 0.15) is 31.4 Å². The Morgan fingerprint density at radius 3 is 2.54 bits per heavy atom. The number of aromatic nitrogens is 4. The molecule has 1 aliphatic heterocycles. The molecule has 0 amide bonds. The average Bonchev–Trinajstić information content (AvgIpc) is 2.87. The molecule has 0 bridgehead atoms. The molecule has 0 aromatic carbocycles. The number of anilines is 3. The number of rotatable bonds is 7. The van der Waals surface area contributed by atoms with Gasteiger partial charge < -0.3 is 19.7 Å². The number of aryl methyl sites for hydroxylation is 1. The number of fused-ring (bicyclic) bond motifs is 1. The lowest BCUT2D eigenvalue weighted by atomic mass is 9.93. The standard InChI is InChI=1S/C24H30ClN7O4S/c1-15-20(25)14-27-24(28-15)29-16-3-5-18(6-4-16)36-23-19-11-17(31-37(2,33)34)13-26-21(19)12-22(30-23)32-7-9-35-10-8-32/h11-14,16,18,31H,3-10H2,1-2H3,(H,27,28,29)/t16-,18+. The molecule has 1 aliphatic carbocycles. The van der Waals surface area contributed by atoms with E-state index in [9.17, 15) is 8.42 Å². The summed E-state index contributed by atoms with van der Waals surface area (Å²) < 4.78 is 38.0. The van der Waals surface area contributed by atoms with E-state index < -0.39 is 10.0 Å². The molecule has 3 aromatic heterocycles. The quantitative estimate of drug-likeness (QED) is 0.453. The van der Waals surface area contributed by atoms with Gasteiger partial charge in [-0.2, -0.15) is 4.98 Å². The minimum Gasteiger partial charge on any atom is -0.474 e. The third kappa shape index (κ3) is 6.49. The van der Waals surface area contributed by atoms with Gasteiger partial charge in [0.1, 0.15) is 11.9 Å². The van der Waals surface area contributed by atoms with Crippen molar-refractivity contribution in [2.24, 2.45) is 0 Å². The van der Waals surface area contributed by atoms with Crippen molar-refractivity contribution in [2.75, 3.05) is 47.5 Å². The molecule has 0 unspecified atom stereocenters. The van der Waals surface area contributed by atoms with Crippen molar-refractivity contribution in [1.29, 1.82) is 0 Å². The first-order valence-corrected chi connectivity index (χ1v) is 14.5. The zero-order valence-corrected chi connectivity index (χ0v) is 22.3. The first-order chi connectivity index (χ1) is 17.7. The number of pyridine rings is 2. The van der Waals surface area contributed by atoms with Crippen molar-refractivity contribution in [3.8, 4) is 5.88 Å². The molecule has 4 heterocycles. The van der Waals surface area contributed by atoms with Gasteiger partial charge in [-0.1, -0.05) is 11.6 Å². The molecule has 0 spiro atoms. The molecule has 2 fully saturated rings. The number of nitrogens with one attached hydrogen (secondary N) is 2. The molecule has 3 aromatic rings. The Morgan fingerprint density at radius 1 is 1.08 bits per heavy atom. The van der Waals surface area contributed by atoms with Gasteiger partial charge in [-0.05, 0) is 38.7 Å². The van der Waals surface area contributed by atoms with Gasteiger partial charge in [-0.25, -0.2) is 18.4 Å². The number of hydrogen-bond donors (Lipinski definition) is 2. The van der Waals surface area contributed by atoms with Gasteiger partial charge in [0.15, 0.2) is 0 Å². The number of sulfonamides is 1. The van der Waals surface area contributed by atoms with Crippen LogP contribution in [0.3, 0.4) is 0 Å². The van der Waals surface area contributed by atoms with Gasteiger partial charge in [-0.15, -0.1) is 0 Å². The second-order valence-electron chi connectivity index (χ2n) is 9.41. The second-order valence-corrected chi connectivity index (χ2v) is 11.6. The van der Waals surface area contributed by atoms with Crippen LogP contribution in [0.15, 0.2) is 24.5 Å². The Bertz CT molecular complexity index is 1380. The molecule has 198 valence electrons. The third-order valence-electron chi connectivity index (χ3n) is 6.47. The van der Waals surface area contributed by atoms with Crippen molar-refractivity contribution in [2.45, 2.75) is 44.8 Å². The predicted molar refractivity (Wildman–Crippen MR) is 143 cm³/mol. The lowest BCUT2D eigenvalue weighted by Gasteiger charge is -2.31. The molecule has 5 rings (SSSR count). The Morgan fingerprint density at radius 2 is 1.84 bits per heavy atom. The van der Waals surface area contributed by atoms with Crippen LogP contribution in [0.2, 0.25) is 5.02 Å². The van der Waals surface area contributed by atoms with Crippen LogP contribution in [0.5, 0.6) is 5.88 Å². The average molecular weight is 548 g/mol. The molecule has 1 saturated carbocycles. The van der Waals surface area contributed by atoms with Crippen molar-refractivity contribution in [3.05, 3.63) is 35.2 Å². The number of ether oxygens (including phenoxy) is 2. The van der Waals surface area contributed by atoms with E-state index in [0.717, 1.165) is 56.5 Å². The van der Waals surface area contributed by atoms with Gasteiger partial charge >= 0.3 is 0 Å². The zero-order valence-electron chi connectivity index (χ0n) is 20.8. The van der Waals surface area contributed by atoms with E-state index in [0.29, 0.717) is 46.7 Å². The molecule has 0 atom stereocenters. The number of morpholine rings is 1. The first-order valence-electron chi connectivity index (χ1n) is 12.3. The minimum absolute atomic E-state index is 0.0342. The Kier molecular flexibility index (Phi) is 7.50. The minimum atomic E-state index is -3.45. The Hall–Kier alpha value is -2.96. The Labute approximate surface area is 221 Å². The second kappa shape index (κ2) is 10.8. The fraction of sp³-hybridized carbons (Fsp3) is 0.500. The van der Waals surface area contributed by atoms with Gasteiger partial charge in [0.2, 0.25) is 21.9 Å². The lowest BCUT2D eigenvalue weighted by molar-refractivity contribution is 0.122. The van der Waals surface area contributed by atoms with E-state index in [1.165, 1.54) is 6.20 Å². The van der Waals surface area contributed by atoms with Crippen LogP contribution in [0.4, 0.5) is 17.5 Å². The molecule has 2 aliphatic rings. The number of halogens is 1. The van der Waals surface area contributed by atoms with Crippen molar-refractivity contribution in [3.63, 3.8) is 0 Å². The van der Waals surface area contributed by atoms with E-state index in [1.54, 1.807) is 12.3 Å². The van der Waals surface area contributed by atoms with Crippen LogP contribution < -0.4 is 19.7 Å². The summed E-state index contributed by atoms with van der Waals surface area (Å²) in [7, 11) is -3.45. The maximum absolute atomic E-state index is 11.8. The van der Waals surface area contributed by atoms with Crippen LogP contribution in [-0.4, -0.2) is 73.1 Å². The Balaban J connectivity index is 1.34. The summed E-state index contributed by atoms with van der Waals surface area (Å²) in [5.41, 5.74) is 1.80. The van der Waals surface area contributed by atoms with Crippen molar-refractivity contribution < 1.29 is 17.9 Å². The van der Waals surface area contributed by atoms with Crippen LogP contribution in [0, 0.1) is 6.92 Å². The normalized spacial score (nSPS) is 20.6. The zero-order chi connectivity index (χ0) is 26.0. The molecular formula is C24H30ClN7O4S. The predicted octanol–water partition coefficient (Wildman–Crippen LogP) is 3.39. The van der Waals surface area contributed by atoms with Crippen molar-refractivity contribution >= 4 is 50.0 Å².